The average molecular weight is 933 g/mol. The molecule has 7 N–H and O–H groups in total. The molecule has 0 bridgehead atoms. The topological polar surface area (TPSA) is 147 Å². The Morgan fingerprint density at radius 3 is 1.48 bits per heavy atom. The van der Waals surface area contributed by atoms with Crippen molar-refractivity contribution in [2.75, 3.05) is 26.3 Å². The van der Waals surface area contributed by atoms with E-state index in [1.54, 1.807) is 20.8 Å². The van der Waals surface area contributed by atoms with Gasteiger partial charge in [0.2, 0.25) is 0 Å². The number of hydrogen-bond donors (Lipinski definition) is 6. The molecule has 1 amide bonds. The highest BCUT2D eigenvalue weighted by Gasteiger charge is 2.46. The van der Waals surface area contributed by atoms with Gasteiger partial charge in [0.25, 0.3) is 0 Å². The molecule has 8 rings (SSSR count). The molecule has 4 aliphatic rings. The Hall–Kier alpha value is -4.41. The van der Waals surface area contributed by atoms with Crippen molar-refractivity contribution >= 4 is 6.09 Å². The lowest BCUT2D eigenvalue weighted by atomic mass is 9.90. The Morgan fingerprint density at radius 2 is 1.07 bits per heavy atom. The van der Waals surface area contributed by atoms with E-state index < -0.39 is 59.3 Å². The Morgan fingerprint density at radius 1 is 0.657 bits per heavy atom. The van der Waals surface area contributed by atoms with Crippen LogP contribution in [0.5, 0.6) is 0 Å². The van der Waals surface area contributed by atoms with Crippen LogP contribution < -0.4 is 21.7 Å². The predicted molar refractivity (Wildman–Crippen MR) is 249 cm³/mol. The number of alkyl carbamates (subject to hydrolysis) is 1. The molecule has 10 nitrogen and oxygen atoms in total. The first-order valence-corrected chi connectivity index (χ1v) is 23.7. The summed E-state index contributed by atoms with van der Waals surface area (Å²) in [5, 5.41) is 31.3. The zero-order valence-electron chi connectivity index (χ0n) is 39.4. The molecular weight excluding hydrogens is 865 g/mol. The Kier molecular flexibility index (Phi) is 15.6. The van der Waals surface area contributed by atoms with Gasteiger partial charge in [-0.1, -0.05) is 48.5 Å². The number of benzene rings is 4. The molecule has 2 saturated carbocycles. The molecule has 4 aromatic rings. The highest BCUT2D eigenvalue weighted by Crippen LogP contribution is 2.48. The van der Waals surface area contributed by atoms with E-state index in [0.29, 0.717) is 17.7 Å². The molecule has 2 heterocycles. The fourth-order valence-corrected chi connectivity index (χ4v) is 9.45. The lowest BCUT2D eigenvalue weighted by Gasteiger charge is -2.29. The van der Waals surface area contributed by atoms with Crippen molar-refractivity contribution in [3.8, 4) is 0 Å². The zero-order valence-corrected chi connectivity index (χ0v) is 39.4. The number of halogens is 4. The van der Waals surface area contributed by atoms with Gasteiger partial charge in [-0.05, 0) is 156 Å². The molecule has 2 aliphatic carbocycles. The summed E-state index contributed by atoms with van der Waals surface area (Å²) in [6.07, 6.45) is 5.61. The van der Waals surface area contributed by atoms with Crippen molar-refractivity contribution in [1.29, 1.82) is 0 Å². The smallest absolute Gasteiger partial charge is 0.407 e. The van der Waals surface area contributed by atoms with Crippen LogP contribution in [0.2, 0.25) is 0 Å². The molecule has 0 aromatic heterocycles. The lowest BCUT2D eigenvalue weighted by molar-refractivity contribution is 0.0165. The maximum absolute atomic E-state index is 13.8. The van der Waals surface area contributed by atoms with Gasteiger partial charge in [-0.3, -0.25) is 0 Å². The SMILES string of the molecule is CC(C)(C)OC(=O)NC(Cc1cc(F)cc(F)c1)C(O)CNC1(c2cccc(C3(C)CCCO3)c2)CC1.CC1(c2cccc(C3(NCC(O)C(N)Cc4cc(F)cc(F)c4)CC3)c2)CCCO1. The summed E-state index contributed by atoms with van der Waals surface area (Å²) in [4.78, 5) is 12.5. The number of nitrogens with two attached hydrogens (primary N) is 1. The second kappa shape index (κ2) is 20.7. The Labute approximate surface area is 392 Å². The van der Waals surface area contributed by atoms with Crippen LogP contribution in [0, 0.1) is 23.3 Å². The van der Waals surface area contributed by atoms with Crippen LogP contribution in [0.4, 0.5) is 22.4 Å². The first-order valence-electron chi connectivity index (χ1n) is 23.7. The summed E-state index contributed by atoms with van der Waals surface area (Å²) in [7, 11) is 0. The molecule has 6 unspecified atom stereocenters. The summed E-state index contributed by atoms with van der Waals surface area (Å²) < 4.78 is 71.7. The van der Waals surface area contributed by atoms with E-state index in [1.807, 2.05) is 6.07 Å². The number of amides is 1. The van der Waals surface area contributed by atoms with Crippen molar-refractivity contribution < 1.29 is 46.8 Å². The van der Waals surface area contributed by atoms with E-state index in [9.17, 15) is 32.6 Å². The number of aliphatic hydroxyl groups is 2. The molecule has 4 fully saturated rings. The molecular formula is C53H68F4N4O6. The van der Waals surface area contributed by atoms with Crippen molar-refractivity contribution in [2.45, 2.75) is 151 Å². The van der Waals surface area contributed by atoms with Gasteiger partial charge in [-0.15, -0.1) is 0 Å². The normalized spacial score (nSPS) is 23.3. The van der Waals surface area contributed by atoms with Crippen molar-refractivity contribution in [2.24, 2.45) is 5.73 Å². The monoisotopic (exact) mass is 933 g/mol. The first-order chi connectivity index (χ1) is 31.7. The molecule has 2 aliphatic heterocycles. The van der Waals surface area contributed by atoms with E-state index in [2.05, 4.69) is 72.3 Å². The second-order valence-corrected chi connectivity index (χ2v) is 20.5. The summed E-state index contributed by atoms with van der Waals surface area (Å²) in [6.45, 7) is 11.5. The first kappa shape index (κ1) is 50.5. The standard InChI is InChI=1S/C29H38F2N2O4.C24H30F2N2O2/c1-27(2,3)37-26(35)33-24(15-19-13-22(30)17-23(31)14-19)25(34)18-32-29(10-11-29)21-8-5-7-20(16-21)28(4)9-6-12-36-28;1-23(6-3-9-30-23)17-4-2-5-18(13-17)24(7-8-24)28-15-22(29)21(27)12-16-10-19(25)14-20(26)11-16/h5,7-8,13-14,16-17,24-25,32,34H,6,9-12,15,18H2,1-4H3,(H,33,35);2,4-5,10-11,13-14,21-22,28-29H,3,6-9,12,15,27H2,1H3. The van der Waals surface area contributed by atoms with Crippen LogP contribution in [0.3, 0.4) is 0 Å². The molecule has 4 aromatic carbocycles. The minimum absolute atomic E-state index is 0.0367. The fourth-order valence-electron chi connectivity index (χ4n) is 9.45. The molecule has 364 valence electrons. The summed E-state index contributed by atoms with van der Waals surface area (Å²) in [5.74, 6) is -2.70. The van der Waals surface area contributed by atoms with Crippen molar-refractivity contribution in [3.63, 3.8) is 0 Å². The van der Waals surface area contributed by atoms with Gasteiger partial charge in [-0.25, -0.2) is 22.4 Å². The lowest BCUT2D eigenvalue weighted by Crippen LogP contribution is -2.51. The highest BCUT2D eigenvalue weighted by molar-refractivity contribution is 5.68. The van der Waals surface area contributed by atoms with Gasteiger partial charge < -0.3 is 46.1 Å². The van der Waals surface area contributed by atoms with Gasteiger partial charge in [-0.2, -0.15) is 0 Å². The van der Waals surface area contributed by atoms with Crippen LogP contribution in [0.25, 0.3) is 0 Å². The second-order valence-electron chi connectivity index (χ2n) is 20.5. The van der Waals surface area contributed by atoms with Gasteiger partial charge in [0, 0.05) is 55.6 Å². The van der Waals surface area contributed by atoms with E-state index in [4.69, 9.17) is 19.9 Å². The van der Waals surface area contributed by atoms with E-state index in [1.165, 1.54) is 35.4 Å². The third-order valence-corrected chi connectivity index (χ3v) is 13.7. The number of aliphatic hydroxyl groups excluding tert-OH is 2. The number of carbonyl (C=O) groups is 1. The molecule has 0 radical (unpaired) electrons. The van der Waals surface area contributed by atoms with Crippen LogP contribution in [-0.4, -0.2) is 72.5 Å². The highest BCUT2D eigenvalue weighted by atomic mass is 19.1. The largest absolute Gasteiger partial charge is 0.444 e. The average Bonchev–Trinajstić information content (AvgIpc) is 4.14. The van der Waals surface area contributed by atoms with Gasteiger partial charge in [0.05, 0.1) is 29.5 Å². The van der Waals surface area contributed by atoms with Gasteiger partial charge >= 0.3 is 6.09 Å². The zero-order chi connectivity index (χ0) is 48.2. The number of rotatable bonds is 17. The maximum atomic E-state index is 13.8. The molecule has 6 atom stereocenters. The van der Waals surface area contributed by atoms with Crippen LogP contribution >= 0.6 is 0 Å². The van der Waals surface area contributed by atoms with E-state index >= 15 is 0 Å². The number of carbonyl (C=O) groups excluding carboxylic acids is 1. The predicted octanol–water partition coefficient (Wildman–Crippen LogP) is 8.57. The quantitative estimate of drug-likeness (QED) is 0.0574. The Bertz CT molecular complexity index is 2280. The van der Waals surface area contributed by atoms with Gasteiger partial charge in [0.1, 0.15) is 28.9 Å². The number of ether oxygens (including phenoxy) is 3. The van der Waals surface area contributed by atoms with Gasteiger partial charge in [0.15, 0.2) is 0 Å². The number of hydrogen-bond acceptors (Lipinski definition) is 9. The van der Waals surface area contributed by atoms with Crippen LogP contribution in [0.15, 0.2) is 84.9 Å². The summed E-state index contributed by atoms with van der Waals surface area (Å²) in [6, 6.07) is 22.0. The minimum Gasteiger partial charge on any atom is -0.444 e. The fraction of sp³-hybridized carbons (Fsp3) is 0.528. The molecule has 0 spiro atoms. The summed E-state index contributed by atoms with van der Waals surface area (Å²) in [5.41, 5.74) is 9.89. The maximum Gasteiger partial charge on any atom is 0.407 e. The van der Waals surface area contributed by atoms with Crippen LogP contribution in [0.1, 0.15) is 119 Å². The van der Waals surface area contributed by atoms with E-state index in [0.717, 1.165) is 87.8 Å². The minimum atomic E-state index is -1.03. The van der Waals surface area contributed by atoms with Crippen molar-refractivity contribution in [3.05, 3.63) is 142 Å². The Balaban J connectivity index is 0.000000203. The molecule has 2 saturated heterocycles. The third-order valence-electron chi connectivity index (χ3n) is 13.7. The molecule has 67 heavy (non-hydrogen) atoms. The van der Waals surface area contributed by atoms with Crippen LogP contribution in [-0.2, 0) is 49.3 Å². The molecule has 14 heteroatoms. The van der Waals surface area contributed by atoms with Crippen molar-refractivity contribution in [1.82, 2.24) is 16.0 Å². The summed E-state index contributed by atoms with van der Waals surface area (Å²) >= 11 is 0. The third kappa shape index (κ3) is 13.2. The number of nitrogens with one attached hydrogen (secondary N) is 3. The van der Waals surface area contributed by atoms with E-state index in [-0.39, 0.29) is 41.7 Å².